The van der Waals surface area contributed by atoms with Gasteiger partial charge in [-0.05, 0) is 31.7 Å². The molecule has 0 aliphatic heterocycles. The summed E-state index contributed by atoms with van der Waals surface area (Å²) in [5, 5.41) is 8.14. The Morgan fingerprint density at radius 3 is 2.70 bits per heavy atom. The number of rotatable bonds is 6. The van der Waals surface area contributed by atoms with Crippen LogP contribution in [0.15, 0.2) is 40.4 Å². The Balaban J connectivity index is 1.36. The minimum atomic E-state index is 0.0869. The van der Waals surface area contributed by atoms with E-state index in [2.05, 4.69) is 20.4 Å². The van der Waals surface area contributed by atoms with Gasteiger partial charge in [-0.2, -0.15) is 0 Å². The molecule has 1 fully saturated rings. The van der Waals surface area contributed by atoms with Crippen LogP contribution in [-0.2, 0) is 11.2 Å². The van der Waals surface area contributed by atoms with E-state index in [0.717, 1.165) is 36.6 Å². The first-order valence-corrected chi connectivity index (χ1v) is 8.80. The molecule has 0 radical (unpaired) electrons. The molecule has 0 atom stereocenters. The number of thioether (sulfide) groups is 1. The minimum Gasteiger partial charge on any atom is -0.361 e. The molecule has 1 aliphatic rings. The lowest BCUT2D eigenvalue weighted by Crippen LogP contribution is -2.38. The fourth-order valence-electron chi connectivity index (χ4n) is 2.73. The molecule has 1 amide bonds. The van der Waals surface area contributed by atoms with Gasteiger partial charge in [-0.25, -0.2) is 9.97 Å². The highest BCUT2D eigenvalue weighted by molar-refractivity contribution is 7.99. The third kappa shape index (κ3) is 5.06. The van der Waals surface area contributed by atoms with E-state index >= 15 is 0 Å². The summed E-state index contributed by atoms with van der Waals surface area (Å²) in [5.41, 5.74) is 0. The Morgan fingerprint density at radius 2 is 2.00 bits per heavy atom. The number of amides is 1. The first-order valence-electron chi connectivity index (χ1n) is 7.92. The van der Waals surface area contributed by atoms with Gasteiger partial charge in [-0.1, -0.05) is 16.9 Å². The summed E-state index contributed by atoms with van der Waals surface area (Å²) in [6, 6.07) is 3.90. The number of aromatic nitrogens is 3. The lowest BCUT2D eigenvalue weighted by atomic mass is 9.95. The topological polar surface area (TPSA) is 80.9 Å². The van der Waals surface area contributed by atoms with E-state index in [9.17, 15) is 4.79 Å². The SMILES string of the molecule is O=C(CCc1ccno1)NC1CCC(Sc2ncccn2)CC1. The lowest BCUT2D eigenvalue weighted by Gasteiger charge is -2.28. The van der Waals surface area contributed by atoms with Gasteiger partial charge < -0.3 is 9.84 Å². The first kappa shape index (κ1) is 16.0. The number of aryl methyl sites for hydroxylation is 1. The lowest BCUT2D eigenvalue weighted by molar-refractivity contribution is -0.122. The van der Waals surface area contributed by atoms with Gasteiger partial charge in [0.15, 0.2) is 5.16 Å². The molecule has 3 rings (SSSR count). The number of nitrogens with zero attached hydrogens (tertiary/aromatic N) is 3. The molecular formula is C16H20N4O2S. The summed E-state index contributed by atoms with van der Waals surface area (Å²) in [6.45, 7) is 0. The second kappa shape index (κ2) is 8.10. The summed E-state index contributed by atoms with van der Waals surface area (Å²) in [4.78, 5) is 20.5. The fraction of sp³-hybridized carbons (Fsp3) is 0.500. The molecular weight excluding hydrogens is 312 g/mol. The van der Waals surface area contributed by atoms with Crippen LogP contribution in [0, 0.1) is 0 Å². The van der Waals surface area contributed by atoms with E-state index in [0.29, 0.717) is 18.1 Å². The van der Waals surface area contributed by atoms with Crippen LogP contribution < -0.4 is 5.32 Å². The van der Waals surface area contributed by atoms with Crippen LogP contribution in [0.4, 0.5) is 0 Å². The van der Waals surface area contributed by atoms with Gasteiger partial charge in [0.2, 0.25) is 5.91 Å². The van der Waals surface area contributed by atoms with Crippen molar-refractivity contribution >= 4 is 17.7 Å². The average molecular weight is 332 g/mol. The molecule has 23 heavy (non-hydrogen) atoms. The Kier molecular flexibility index (Phi) is 5.63. The monoisotopic (exact) mass is 332 g/mol. The van der Waals surface area contributed by atoms with Gasteiger partial charge in [0.25, 0.3) is 0 Å². The predicted octanol–water partition coefficient (Wildman–Crippen LogP) is 2.62. The molecule has 0 aromatic carbocycles. The molecule has 2 aromatic rings. The molecule has 1 saturated carbocycles. The second-order valence-electron chi connectivity index (χ2n) is 5.67. The molecule has 1 aliphatic carbocycles. The zero-order chi connectivity index (χ0) is 15.9. The van der Waals surface area contributed by atoms with Gasteiger partial charge >= 0.3 is 0 Å². The highest BCUT2D eigenvalue weighted by Crippen LogP contribution is 2.31. The molecule has 0 saturated heterocycles. The van der Waals surface area contributed by atoms with Gasteiger partial charge in [-0.3, -0.25) is 4.79 Å². The third-order valence-electron chi connectivity index (χ3n) is 3.94. The molecule has 2 heterocycles. The smallest absolute Gasteiger partial charge is 0.220 e. The van der Waals surface area contributed by atoms with Crippen molar-refractivity contribution in [3.8, 4) is 0 Å². The first-order chi connectivity index (χ1) is 11.3. The normalized spacial score (nSPS) is 21.0. The molecule has 0 bridgehead atoms. The van der Waals surface area contributed by atoms with Gasteiger partial charge in [0.05, 0.1) is 6.20 Å². The molecule has 7 heteroatoms. The molecule has 0 spiro atoms. The van der Waals surface area contributed by atoms with Gasteiger partial charge in [0, 0.05) is 42.6 Å². The van der Waals surface area contributed by atoms with Crippen molar-refractivity contribution in [3.63, 3.8) is 0 Å². The zero-order valence-corrected chi connectivity index (χ0v) is 13.7. The van der Waals surface area contributed by atoms with E-state index in [1.165, 1.54) is 0 Å². The summed E-state index contributed by atoms with van der Waals surface area (Å²) in [6.07, 6.45) is 10.4. The molecule has 122 valence electrons. The Morgan fingerprint density at radius 1 is 1.22 bits per heavy atom. The Hall–Kier alpha value is -1.89. The minimum absolute atomic E-state index is 0.0869. The van der Waals surface area contributed by atoms with Crippen LogP contribution in [0.25, 0.3) is 0 Å². The fourth-order valence-corrected chi connectivity index (χ4v) is 3.78. The number of hydrogen-bond acceptors (Lipinski definition) is 6. The van der Waals surface area contributed by atoms with E-state index < -0.39 is 0 Å². The van der Waals surface area contributed by atoms with E-state index in [1.807, 2.05) is 6.07 Å². The molecule has 2 aromatic heterocycles. The quantitative estimate of drug-likeness (QED) is 0.819. The predicted molar refractivity (Wildman–Crippen MR) is 86.9 cm³/mol. The summed E-state index contributed by atoms with van der Waals surface area (Å²) >= 11 is 1.74. The average Bonchev–Trinajstić information content (AvgIpc) is 3.09. The second-order valence-corrected chi connectivity index (χ2v) is 6.94. The van der Waals surface area contributed by atoms with Gasteiger partial charge in [0.1, 0.15) is 5.76 Å². The summed E-state index contributed by atoms with van der Waals surface area (Å²) in [5.74, 6) is 0.840. The van der Waals surface area contributed by atoms with Gasteiger partial charge in [-0.15, -0.1) is 0 Å². The Bertz CT molecular complexity index is 598. The van der Waals surface area contributed by atoms with E-state index in [4.69, 9.17) is 4.52 Å². The van der Waals surface area contributed by atoms with E-state index in [1.54, 1.807) is 36.4 Å². The van der Waals surface area contributed by atoms with Crippen molar-refractivity contribution in [2.45, 2.75) is 55.0 Å². The van der Waals surface area contributed by atoms with Crippen LogP contribution in [0.1, 0.15) is 37.9 Å². The van der Waals surface area contributed by atoms with Crippen LogP contribution in [0.3, 0.4) is 0 Å². The van der Waals surface area contributed by atoms with Crippen LogP contribution in [-0.4, -0.2) is 32.3 Å². The summed E-state index contributed by atoms with van der Waals surface area (Å²) in [7, 11) is 0. The van der Waals surface area contributed by atoms with Crippen molar-refractivity contribution in [1.29, 1.82) is 0 Å². The molecule has 6 nitrogen and oxygen atoms in total. The third-order valence-corrected chi connectivity index (χ3v) is 5.17. The van der Waals surface area contributed by atoms with Crippen LogP contribution in [0.2, 0.25) is 0 Å². The zero-order valence-electron chi connectivity index (χ0n) is 12.9. The molecule has 0 unspecified atom stereocenters. The highest BCUT2D eigenvalue weighted by atomic mass is 32.2. The number of hydrogen-bond donors (Lipinski definition) is 1. The maximum atomic E-state index is 12.0. The van der Waals surface area contributed by atoms with Crippen molar-refractivity contribution in [2.75, 3.05) is 0 Å². The maximum Gasteiger partial charge on any atom is 0.220 e. The molecule has 1 N–H and O–H groups in total. The number of carbonyl (C=O) groups is 1. The standard InChI is InChI=1S/C16H20N4O2S/c21-15(7-4-13-8-11-19-22-13)20-12-2-5-14(6-3-12)23-16-17-9-1-10-18-16/h1,8-12,14H,2-7H2,(H,20,21). The number of nitrogens with one attached hydrogen (secondary N) is 1. The van der Waals surface area contributed by atoms with E-state index in [-0.39, 0.29) is 11.9 Å². The van der Waals surface area contributed by atoms with Crippen LogP contribution >= 0.6 is 11.8 Å². The largest absolute Gasteiger partial charge is 0.361 e. The van der Waals surface area contributed by atoms with Crippen LogP contribution in [0.5, 0.6) is 0 Å². The van der Waals surface area contributed by atoms with Crippen molar-refractivity contribution in [3.05, 3.63) is 36.5 Å². The van der Waals surface area contributed by atoms with Crippen molar-refractivity contribution in [1.82, 2.24) is 20.4 Å². The summed E-state index contributed by atoms with van der Waals surface area (Å²) < 4.78 is 5.00. The Labute approximate surface area is 139 Å². The number of carbonyl (C=O) groups excluding carboxylic acids is 1. The van der Waals surface area contributed by atoms with Crippen molar-refractivity contribution < 1.29 is 9.32 Å². The maximum absolute atomic E-state index is 12.0. The van der Waals surface area contributed by atoms with Crippen molar-refractivity contribution in [2.24, 2.45) is 0 Å². The highest BCUT2D eigenvalue weighted by Gasteiger charge is 2.23.